The Morgan fingerprint density at radius 1 is 1.17 bits per heavy atom. The van der Waals surface area contributed by atoms with Crippen LogP contribution in [0.2, 0.25) is 0 Å². The number of likely N-dealkylation sites (N-methyl/N-ethyl adjacent to an activating group) is 1. The molecule has 1 saturated carbocycles. The monoisotopic (exact) mass is 398 g/mol. The van der Waals surface area contributed by atoms with Crippen LogP contribution in [0.25, 0.3) is 11.4 Å². The quantitative estimate of drug-likeness (QED) is 0.847. The molecule has 8 heteroatoms. The molecule has 1 N–H and O–H groups in total. The molecule has 2 fully saturated rings. The first-order valence-corrected chi connectivity index (χ1v) is 10.4. The van der Waals surface area contributed by atoms with Crippen LogP contribution in [0, 0.1) is 5.92 Å². The van der Waals surface area contributed by atoms with Gasteiger partial charge in [-0.1, -0.05) is 24.4 Å². The van der Waals surface area contributed by atoms with Gasteiger partial charge in [-0.25, -0.2) is 0 Å². The molecule has 0 spiro atoms. The van der Waals surface area contributed by atoms with E-state index in [0.717, 1.165) is 50.0 Å². The van der Waals surface area contributed by atoms with Gasteiger partial charge in [0, 0.05) is 24.1 Å². The first-order chi connectivity index (χ1) is 14.2. The van der Waals surface area contributed by atoms with E-state index in [2.05, 4.69) is 20.4 Å². The normalized spacial score (nSPS) is 24.7. The molecule has 8 nitrogen and oxygen atoms in total. The number of carbonyl (C=O) groups excluding carboxylic acids is 1. The van der Waals surface area contributed by atoms with E-state index >= 15 is 0 Å². The van der Waals surface area contributed by atoms with Crippen molar-refractivity contribution in [2.45, 2.75) is 50.6 Å². The first-order valence-electron chi connectivity index (χ1n) is 10.4. The summed E-state index contributed by atoms with van der Waals surface area (Å²) in [5.41, 5.74) is 0.826. The Morgan fingerprint density at radius 3 is 2.86 bits per heavy atom. The summed E-state index contributed by atoms with van der Waals surface area (Å²) >= 11 is 0. The van der Waals surface area contributed by atoms with E-state index in [-0.39, 0.29) is 30.7 Å². The summed E-state index contributed by atoms with van der Waals surface area (Å²) in [6, 6.07) is 5.73. The van der Waals surface area contributed by atoms with E-state index in [1.165, 1.54) is 6.42 Å². The zero-order valence-electron chi connectivity index (χ0n) is 16.6. The van der Waals surface area contributed by atoms with Crippen molar-refractivity contribution in [1.29, 1.82) is 0 Å². The maximum atomic E-state index is 12.6. The predicted octanol–water partition coefficient (Wildman–Crippen LogP) is 2.91. The smallest absolute Gasteiger partial charge is 0.244 e. The van der Waals surface area contributed by atoms with E-state index in [1.807, 2.05) is 25.2 Å². The predicted molar refractivity (Wildman–Crippen MR) is 104 cm³/mol. The lowest BCUT2D eigenvalue weighted by atomic mass is 9.88. The first kappa shape index (κ1) is 18.4. The van der Waals surface area contributed by atoms with Crippen molar-refractivity contribution in [2.75, 3.05) is 20.4 Å². The fraction of sp³-hybridized carbons (Fsp3) is 0.571. The molecular formula is C21H26N4O4. The summed E-state index contributed by atoms with van der Waals surface area (Å²) in [6.07, 6.45) is 6.38. The Balaban J connectivity index is 1.25. The molecule has 2 aromatic rings. The summed E-state index contributed by atoms with van der Waals surface area (Å²) in [7, 11) is 2.03. The third kappa shape index (κ3) is 3.69. The molecule has 5 rings (SSSR count). The van der Waals surface area contributed by atoms with Crippen molar-refractivity contribution >= 4 is 5.91 Å². The number of benzene rings is 1. The summed E-state index contributed by atoms with van der Waals surface area (Å²) < 4.78 is 16.4. The minimum Gasteiger partial charge on any atom is -0.454 e. The van der Waals surface area contributed by atoms with Gasteiger partial charge in [-0.2, -0.15) is 4.98 Å². The number of nitrogens with zero attached hydrogens (tertiary/aromatic N) is 3. The fourth-order valence-electron chi connectivity index (χ4n) is 4.60. The summed E-state index contributed by atoms with van der Waals surface area (Å²) in [5.74, 6) is 2.90. The second-order valence-electron chi connectivity index (χ2n) is 8.26. The van der Waals surface area contributed by atoms with Crippen LogP contribution >= 0.6 is 0 Å². The molecule has 2 aliphatic heterocycles. The molecule has 1 saturated heterocycles. The van der Waals surface area contributed by atoms with Crippen LogP contribution in [-0.2, 0) is 4.79 Å². The van der Waals surface area contributed by atoms with E-state index < -0.39 is 0 Å². The minimum atomic E-state index is 0.00177. The lowest BCUT2D eigenvalue weighted by Gasteiger charge is -2.22. The highest BCUT2D eigenvalue weighted by Crippen LogP contribution is 2.36. The highest BCUT2D eigenvalue weighted by Gasteiger charge is 2.36. The van der Waals surface area contributed by atoms with Crippen LogP contribution in [0.15, 0.2) is 22.7 Å². The van der Waals surface area contributed by atoms with E-state index in [4.69, 9.17) is 14.0 Å². The fourth-order valence-corrected chi connectivity index (χ4v) is 4.60. The number of likely N-dealkylation sites (tertiary alicyclic amines) is 1. The van der Waals surface area contributed by atoms with Crippen LogP contribution < -0.4 is 14.8 Å². The zero-order chi connectivity index (χ0) is 19.8. The van der Waals surface area contributed by atoms with Gasteiger partial charge in [0.15, 0.2) is 11.5 Å². The van der Waals surface area contributed by atoms with E-state index in [1.54, 1.807) is 0 Å². The number of carbonyl (C=O) groups is 1. The molecule has 3 aliphatic rings. The van der Waals surface area contributed by atoms with Crippen LogP contribution in [-0.4, -0.2) is 47.4 Å². The third-order valence-corrected chi connectivity index (χ3v) is 6.23. The van der Waals surface area contributed by atoms with Gasteiger partial charge >= 0.3 is 0 Å². The number of hydrogen-bond acceptors (Lipinski definition) is 7. The zero-order valence-corrected chi connectivity index (χ0v) is 16.6. The maximum absolute atomic E-state index is 12.6. The molecule has 29 heavy (non-hydrogen) atoms. The number of nitrogens with one attached hydrogen (secondary N) is 1. The van der Waals surface area contributed by atoms with Gasteiger partial charge in [0.2, 0.25) is 24.4 Å². The number of aromatic nitrogens is 2. The number of rotatable bonds is 4. The van der Waals surface area contributed by atoms with Gasteiger partial charge in [-0.05, 0) is 44.5 Å². The van der Waals surface area contributed by atoms with Crippen LogP contribution in [0.1, 0.15) is 50.5 Å². The second-order valence-corrected chi connectivity index (χ2v) is 8.26. The Morgan fingerprint density at radius 2 is 2.00 bits per heavy atom. The molecule has 1 aliphatic carbocycles. The van der Waals surface area contributed by atoms with Crippen LogP contribution in [0.4, 0.5) is 0 Å². The Kier molecular flexibility index (Phi) is 4.87. The second kappa shape index (κ2) is 7.67. The Bertz CT molecular complexity index is 893. The molecule has 154 valence electrons. The largest absolute Gasteiger partial charge is 0.454 e. The average molecular weight is 398 g/mol. The van der Waals surface area contributed by atoms with E-state index in [9.17, 15) is 4.79 Å². The maximum Gasteiger partial charge on any atom is 0.244 e. The van der Waals surface area contributed by atoms with Crippen molar-refractivity contribution in [3.8, 4) is 22.9 Å². The number of ether oxygens (including phenoxy) is 2. The van der Waals surface area contributed by atoms with Gasteiger partial charge < -0.3 is 19.3 Å². The minimum absolute atomic E-state index is 0.00177. The topological polar surface area (TPSA) is 89.7 Å². The molecular weight excluding hydrogens is 372 g/mol. The van der Waals surface area contributed by atoms with Crippen molar-refractivity contribution < 1.29 is 18.8 Å². The van der Waals surface area contributed by atoms with Crippen molar-refractivity contribution in [2.24, 2.45) is 5.92 Å². The number of amides is 1. The molecule has 2 atom stereocenters. The summed E-state index contributed by atoms with van der Waals surface area (Å²) in [5, 5.41) is 7.40. The molecule has 3 heterocycles. The van der Waals surface area contributed by atoms with Gasteiger partial charge in [-0.3, -0.25) is 9.69 Å². The summed E-state index contributed by atoms with van der Waals surface area (Å²) in [4.78, 5) is 19.4. The van der Waals surface area contributed by atoms with Gasteiger partial charge in [-0.15, -0.1) is 0 Å². The average Bonchev–Trinajstić information content (AvgIpc) is 3.47. The highest BCUT2D eigenvalue weighted by molar-refractivity contribution is 5.79. The standard InChI is InChI=1S/C21H26N4O4/c1-25-11-15(22-20(26)13-5-3-2-4-6-13)10-16(25)21-23-19(24-29-21)14-7-8-17-18(9-14)28-12-27-17/h7-9,13,15-16H,2-6,10-12H2,1H3,(H,22,26)/t15-,16-/m0/s1. The third-order valence-electron chi connectivity index (χ3n) is 6.23. The molecule has 0 radical (unpaired) electrons. The van der Waals surface area contributed by atoms with Gasteiger partial charge in [0.05, 0.1) is 6.04 Å². The lowest BCUT2D eigenvalue weighted by molar-refractivity contribution is -0.126. The highest BCUT2D eigenvalue weighted by atomic mass is 16.7. The van der Waals surface area contributed by atoms with Crippen molar-refractivity contribution in [1.82, 2.24) is 20.4 Å². The molecule has 1 aromatic carbocycles. The Hall–Kier alpha value is -2.61. The number of fused-ring (bicyclic) bond motifs is 1. The van der Waals surface area contributed by atoms with Crippen LogP contribution in [0.5, 0.6) is 11.5 Å². The Labute approximate surface area is 169 Å². The van der Waals surface area contributed by atoms with Gasteiger partial charge in [0.25, 0.3) is 0 Å². The summed E-state index contributed by atoms with van der Waals surface area (Å²) in [6.45, 7) is 1.02. The van der Waals surface area contributed by atoms with E-state index in [0.29, 0.717) is 17.5 Å². The van der Waals surface area contributed by atoms with Crippen molar-refractivity contribution in [3.63, 3.8) is 0 Å². The molecule has 1 aromatic heterocycles. The van der Waals surface area contributed by atoms with Crippen molar-refractivity contribution in [3.05, 3.63) is 24.1 Å². The van der Waals surface area contributed by atoms with Gasteiger partial charge in [0.1, 0.15) is 0 Å². The lowest BCUT2D eigenvalue weighted by Crippen LogP contribution is -2.40. The SMILES string of the molecule is CN1C[C@@H](NC(=O)C2CCCCC2)C[C@H]1c1nc(-c2ccc3c(c2)OCO3)no1. The molecule has 0 bridgehead atoms. The molecule has 0 unspecified atom stereocenters. The van der Waals surface area contributed by atoms with Crippen LogP contribution in [0.3, 0.4) is 0 Å². The molecule has 1 amide bonds. The number of hydrogen-bond donors (Lipinski definition) is 1.